The minimum Gasteiger partial charge on any atom is -0.479 e. The van der Waals surface area contributed by atoms with Gasteiger partial charge in [-0.15, -0.1) is 0 Å². The summed E-state index contributed by atoms with van der Waals surface area (Å²) in [5, 5.41) is -0.203. The van der Waals surface area contributed by atoms with Crippen molar-refractivity contribution >= 4 is 30.9 Å². The van der Waals surface area contributed by atoms with E-state index in [2.05, 4.69) is 36.2 Å². The number of aryl methyl sites for hydroxylation is 2. The number of benzene rings is 2. The monoisotopic (exact) mass is 561 g/mol. The molecule has 3 rings (SSSR count). The van der Waals surface area contributed by atoms with E-state index in [-0.39, 0.29) is 18.5 Å². The second-order valence-corrected chi connectivity index (χ2v) is 12.1. The van der Waals surface area contributed by atoms with Crippen molar-refractivity contribution < 1.29 is 28.6 Å². The van der Waals surface area contributed by atoms with Crippen molar-refractivity contribution in [3.63, 3.8) is 0 Å². The first-order valence-electron chi connectivity index (χ1n) is 13.4. The molecule has 0 aromatic heterocycles. The molecule has 7 nitrogen and oxygen atoms in total. The Morgan fingerprint density at radius 3 is 2.26 bits per heavy atom. The Labute approximate surface area is 231 Å². The number of ether oxygens (including phenoxy) is 3. The van der Waals surface area contributed by atoms with Gasteiger partial charge in [0, 0.05) is 19.1 Å². The molecule has 2 aromatic carbocycles. The summed E-state index contributed by atoms with van der Waals surface area (Å²) < 4.78 is 29.3. The standard InChI is InChI=1S/C29H40NO6PS/c1-3-4-5-6-7-9-12-24-15-17-25(18-16-24)19-20-29(22-35-23(2)30-29)27(37(31,32)33)21-34-28(38)36-26-13-10-8-11-14-26/h8,10-11,13-18,27H,3-7,9,12,19-22H2,1-2H3,(H2,31,32,33). The van der Waals surface area contributed by atoms with Gasteiger partial charge in [-0.1, -0.05) is 81.5 Å². The van der Waals surface area contributed by atoms with Crippen molar-refractivity contribution in [3.8, 4) is 5.75 Å². The summed E-state index contributed by atoms with van der Waals surface area (Å²) in [6.45, 7) is 3.65. The van der Waals surface area contributed by atoms with Gasteiger partial charge in [0.15, 0.2) is 5.90 Å². The Bertz CT molecular complexity index is 1090. The van der Waals surface area contributed by atoms with Crippen molar-refractivity contribution in [2.75, 3.05) is 13.2 Å². The third kappa shape index (κ3) is 9.49. The van der Waals surface area contributed by atoms with Crippen LogP contribution in [0.4, 0.5) is 0 Å². The van der Waals surface area contributed by atoms with Gasteiger partial charge in [0.25, 0.3) is 0 Å². The van der Waals surface area contributed by atoms with E-state index in [1.807, 2.05) is 6.07 Å². The average molecular weight is 562 g/mol. The van der Waals surface area contributed by atoms with Gasteiger partial charge >= 0.3 is 12.8 Å². The number of para-hydroxylation sites is 1. The SMILES string of the molecule is CCCCCCCCc1ccc(CCC2(C(COC(=S)Oc3ccccc3)P(=O)(O)O)COC(C)=N2)cc1. The van der Waals surface area contributed by atoms with Crippen LogP contribution >= 0.6 is 19.8 Å². The van der Waals surface area contributed by atoms with Crippen LogP contribution in [0.2, 0.25) is 0 Å². The van der Waals surface area contributed by atoms with Crippen LogP contribution in [-0.4, -0.2) is 45.3 Å². The molecule has 0 saturated carbocycles. The molecule has 0 spiro atoms. The van der Waals surface area contributed by atoms with E-state index >= 15 is 0 Å². The summed E-state index contributed by atoms with van der Waals surface area (Å²) in [5.74, 6) is 0.888. The zero-order chi connectivity index (χ0) is 27.4. The van der Waals surface area contributed by atoms with Crippen LogP contribution in [0.25, 0.3) is 0 Å². The zero-order valence-corrected chi connectivity index (χ0v) is 24.1. The molecule has 2 aromatic rings. The maximum atomic E-state index is 12.6. The summed E-state index contributed by atoms with van der Waals surface area (Å²) in [7, 11) is -4.64. The normalized spacial score (nSPS) is 17.9. The number of thiocarbonyl (C=S) groups is 1. The Balaban J connectivity index is 1.61. The molecule has 2 N–H and O–H groups in total. The number of unbranched alkanes of at least 4 members (excludes halogenated alkanes) is 5. The first-order valence-corrected chi connectivity index (χ1v) is 15.5. The Morgan fingerprint density at radius 1 is 1.03 bits per heavy atom. The molecule has 1 aliphatic rings. The number of aliphatic imine (C=N–C) groups is 1. The van der Waals surface area contributed by atoms with E-state index in [1.54, 1.807) is 31.2 Å². The Hall–Kier alpha value is -2.25. The van der Waals surface area contributed by atoms with Gasteiger partial charge < -0.3 is 24.0 Å². The third-order valence-corrected chi connectivity index (χ3v) is 8.57. The van der Waals surface area contributed by atoms with Crippen LogP contribution in [0.3, 0.4) is 0 Å². The highest BCUT2D eigenvalue weighted by Gasteiger charge is 2.52. The van der Waals surface area contributed by atoms with Crippen molar-refractivity contribution in [1.82, 2.24) is 0 Å². The summed E-state index contributed by atoms with van der Waals surface area (Å²) >= 11 is 5.16. The molecule has 0 saturated heterocycles. The predicted octanol–water partition coefficient (Wildman–Crippen LogP) is 6.64. The largest absolute Gasteiger partial charge is 0.479 e. The van der Waals surface area contributed by atoms with Gasteiger partial charge in [0.1, 0.15) is 30.2 Å². The predicted molar refractivity (Wildman–Crippen MR) is 155 cm³/mol. The number of nitrogens with zero attached hydrogens (tertiary/aromatic N) is 1. The molecule has 2 unspecified atom stereocenters. The molecular weight excluding hydrogens is 521 g/mol. The quantitative estimate of drug-likeness (QED) is 0.143. The Morgan fingerprint density at radius 2 is 1.66 bits per heavy atom. The van der Waals surface area contributed by atoms with Crippen LogP contribution in [0.1, 0.15) is 69.9 Å². The van der Waals surface area contributed by atoms with Gasteiger partial charge in [0.05, 0.1) is 0 Å². The van der Waals surface area contributed by atoms with Crippen molar-refractivity contribution in [1.29, 1.82) is 0 Å². The maximum absolute atomic E-state index is 12.6. The molecule has 2 atom stereocenters. The highest BCUT2D eigenvalue weighted by Crippen LogP contribution is 2.50. The van der Waals surface area contributed by atoms with Crippen molar-refractivity contribution in [3.05, 3.63) is 65.7 Å². The molecule has 0 amide bonds. The van der Waals surface area contributed by atoms with Gasteiger partial charge in [-0.25, -0.2) is 4.99 Å². The van der Waals surface area contributed by atoms with Crippen LogP contribution < -0.4 is 4.74 Å². The van der Waals surface area contributed by atoms with Gasteiger partial charge in [-0.3, -0.25) is 4.57 Å². The minimum absolute atomic E-state index is 0.0698. The summed E-state index contributed by atoms with van der Waals surface area (Å²) in [6.07, 6.45) is 9.69. The molecule has 1 heterocycles. The smallest absolute Gasteiger partial charge is 0.357 e. The molecule has 0 bridgehead atoms. The van der Waals surface area contributed by atoms with Crippen LogP contribution in [-0.2, 0) is 26.9 Å². The van der Waals surface area contributed by atoms with E-state index in [4.69, 9.17) is 26.4 Å². The lowest BCUT2D eigenvalue weighted by atomic mass is 9.89. The second kappa shape index (κ2) is 14.8. The third-order valence-electron chi connectivity index (χ3n) is 6.93. The van der Waals surface area contributed by atoms with Gasteiger partial charge in [0.2, 0.25) is 0 Å². The summed E-state index contributed by atoms with van der Waals surface area (Å²) in [4.78, 5) is 25.2. The highest BCUT2D eigenvalue weighted by molar-refractivity contribution is 7.79. The first kappa shape index (κ1) is 30.3. The number of hydrogen-bond acceptors (Lipinski definition) is 6. The van der Waals surface area contributed by atoms with Crippen LogP contribution in [0.5, 0.6) is 5.75 Å². The molecule has 0 radical (unpaired) electrons. The van der Waals surface area contributed by atoms with E-state index in [9.17, 15) is 14.4 Å². The van der Waals surface area contributed by atoms with Gasteiger partial charge in [-0.05, 0) is 48.9 Å². The average Bonchev–Trinajstić information content (AvgIpc) is 3.26. The molecule has 1 aliphatic heterocycles. The van der Waals surface area contributed by atoms with Crippen molar-refractivity contribution in [2.45, 2.75) is 82.8 Å². The zero-order valence-electron chi connectivity index (χ0n) is 22.4. The lowest BCUT2D eigenvalue weighted by Gasteiger charge is -2.33. The molecule has 208 valence electrons. The second-order valence-electron chi connectivity index (χ2n) is 9.94. The lowest BCUT2D eigenvalue weighted by molar-refractivity contribution is 0.166. The summed E-state index contributed by atoms with van der Waals surface area (Å²) in [6, 6.07) is 17.3. The van der Waals surface area contributed by atoms with Crippen LogP contribution in [0, 0.1) is 0 Å². The van der Waals surface area contributed by atoms with E-state index in [0.29, 0.717) is 24.5 Å². The molecule has 0 fully saturated rings. The summed E-state index contributed by atoms with van der Waals surface area (Å²) in [5.41, 5.74) is 0.0224. The number of rotatable bonds is 15. The lowest BCUT2D eigenvalue weighted by Crippen LogP contribution is -2.45. The minimum atomic E-state index is -4.64. The first-order chi connectivity index (χ1) is 18.2. The molecule has 38 heavy (non-hydrogen) atoms. The highest BCUT2D eigenvalue weighted by atomic mass is 32.1. The maximum Gasteiger partial charge on any atom is 0.357 e. The van der Waals surface area contributed by atoms with Gasteiger partial charge in [-0.2, -0.15) is 0 Å². The molecule has 9 heteroatoms. The number of hydrogen-bond donors (Lipinski definition) is 2. The topological polar surface area (TPSA) is 97.6 Å². The van der Waals surface area contributed by atoms with E-state index < -0.39 is 18.8 Å². The fourth-order valence-electron chi connectivity index (χ4n) is 4.74. The fraction of sp³-hybridized carbons (Fsp3) is 0.517. The molecular formula is C29H40NO6PS. The van der Waals surface area contributed by atoms with E-state index in [0.717, 1.165) is 12.0 Å². The molecule has 0 aliphatic carbocycles. The van der Waals surface area contributed by atoms with Crippen molar-refractivity contribution in [2.24, 2.45) is 4.99 Å². The van der Waals surface area contributed by atoms with E-state index in [1.165, 1.54) is 44.1 Å². The Kier molecular flexibility index (Phi) is 11.8. The van der Waals surface area contributed by atoms with Crippen LogP contribution in [0.15, 0.2) is 59.6 Å². The fourth-order valence-corrected chi connectivity index (χ4v) is 6.06.